The molecule has 5 heteroatoms. The quantitative estimate of drug-likeness (QED) is 0.900. The second-order valence-corrected chi connectivity index (χ2v) is 6.70. The predicted molar refractivity (Wildman–Crippen MR) is 89.5 cm³/mol. The molecular formula is C17H20BrN3O. The zero-order valence-corrected chi connectivity index (χ0v) is 14.3. The van der Waals surface area contributed by atoms with Gasteiger partial charge in [0.15, 0.2) is 0 Å². The lowest BCUT2D eigenvalue weighted by molar-refractivity contribution is -0.132. The van der Waals surface area contributed by atoms with Crippen molar-refractivity contribution in [2.75, 3.05) is 6.54 Å². The Balaban J connectivity index is 1.62. The number of carbonyl (C=O) groups is 1. The standard InChI is InChI=1S/C17H20BrN3O/c1-12-11-13(4-6-14(12)18)5-7-17(22)21-10-2-3-16(21)15-8-9-19-20-15/h4,6,8-9,11,16H,2-3,5,7,10H2,1H3,(H,19,20). The first-order chi connectivity index (χ1) is 10.6. The van der Waals surface area contributed by atoms with E-state index in [9.17, 15) is 4.79 Å². The summed E-state index contributed by atoms with van der Waals surface area (Å²) in [5.74, 6) is 0.234. The number of aromatic amines is 1. The van der Waals surface area contributed by atoms with Crippen molar-refractivity contribution in [3.63, 3.8) is 0 Å². The Morgan fingerprint density at radius 1 is 1.45 bits per heavy atom. The first-order valence-corrected chi connectivity index (χ1v) is 8.48. The highest BCUT2D eigenvalue weighted by molar-refractivity contribution is 9.10. The maximum Gasteiger partial charge on any atom is 0.223 e. The minimum Gasteiger partial charge on any atom is -0.334 e. The largest absolute Gasteiger partial charge is 0.334 e. The molecule has 1 aliphatic rings. The molecule has 1 aromatic heterocycles. The molecular weight excluding hydrogens is 342 g/mol. The van der Waals surface area contributed by atoms with Gasteiger partial charge in [-0.15, -0.1) is 0 Å². The third-order valence-corrected chi connectivity index (χ3v) is 5.19. The van der Waals surface area contributed by atoms with Crippen LogP contribution in [-0.4, -0.2) is 27.5 Å². The summed E-state index contributed by atoms with van der Waals surface area (Å²) in [5.41, 5.74) is 3.47. The van der Waals surface area contributed by atoms with Gasteiger partial charge < -0.3 is 4.90 Å². The van der Waals surface area contributed by atoms with E-state index in [1.807, 2.05) is 11.0 Å². The van der Waals surface area contributed by atoms with Gasteiger partial charge in [0, 0.05) is 23.6 Å². The molecule has 1 atom stereocenters. The van der Waals surface area contributed by atoms with Crippen LogP contribution in [0.4, 0.5) is 0 Å². The summed E-state index contributed by atoms with van der Waals surface area (Å²) in [6.45, 7) is 2.92. The summed E-state index contributed by atoms with van der Waals surface area (Å²) in [6.07, 6.45) is 5.18. The molecule has 1 N–H and O–H groups in total. The van der Waals surface area contributed by atoms with Crippen LogP contribution in [0.25, 0.3) is 0 Å². The van der Waals surface area contributed by atoms with Crippen LogP contribution < -0.4 is 0 Å². The highest BCUT2D eigenvalue weighted by Gasteiger charge is 2.30. The van der Waals surface area contributed by atoms with Crippen LogP contribution in [0.3, 0.4) is 0 Å². The first kappa shape index (κ1) is 15.3. The molecule has 2 heterocycles. The molecule has 2 aromatic rings. The smallest absolute Gasteiger partial charge is 0.223 e. The van der Waals surface area contributed by atoms with Crippen molar-refractivity contribution < 1.29 is 4.79 Å². The number of H-pyrrole nitrogens is 1. The fraction of sp³-hybridized carbons (Fsp3) is 0.412. The number of amides is 1. The highest BCUT2D eigenvalue weighted by atomic mass is 79.9. The molecule has 1 saturated heterocycles. The van der Waals surface area contributed by atoms with Crippen molar-refractivity contribution in [2.24, 2.45) is 0 Å². The van der Waals surface area contributed by atoms with Gasteiger partial charge in [-0.1, -0.05) is 28.1 Å². The van der Waals surface area contributed by atoms with Crippen molar-refractivity contribution >= 4 is 21.8 Å². The normalized spacial score (nSPS) is 17.9. The van der Waals surface area contributed by atoms with E-state index in [-0.39, 0.29) is 11.9 Å². The Kier molecular flexibility index (Phi) is 4.62. The van der Waals surface area contributed by atoms with Gasteiger partial charge in [-0.2, -0.15) is 5.10 Å². The molecule has 0 radical (unpaired) electrons. The summed E-state index contributed by atoms with van der Waals surface area (Å²) in [5, 5.41) is 7.01. The van der Waals surface area contributed by atoms with Gasteiger partial charge in [0.05, 0.1) is 11.7 Å². The number of hydrogen-bond acceptors (Lipinski definition) is 2. The third kappa shape index (κ3) is 3.24. The molecule has 0 spiro atoms. The van der Waals surface area contributed by atoms with Gasteiger partial charge in [-0.05, 0) is 49.4 Å². The maximum atomic E-state index is 12.6. The molecule has 0 aliphatic carbocycles. The van der Waals surface area contributed by atoms with Crippen molar-refractivity contribution in [1.29, 1.82) is 0 Å². The van der Waals surface area contributed by atoms with E-state index in [0.29, 0.717) is 6.42 Å². The fourth-order valence-corrected chi connectivity index (χ4v) is 3.34. The Hall–Kier alpha value is -1.62. The summed E-state index contributed by atoms with van der Waals surface area (Å²) in [7, 11) is 0. The minimum absolute atomic E-state index is 0.168. The Labute approximate surface area is 139 Å². The van der Waals surface area contributed by atoms with Crippen LogP contribution in [-0.2, 0) is 11.2 Å². The Bertz CT molecular complexity index is 654. The number of aryl methyl sites for hydroxylation is 2. The van der Waals surface area contributed by atoms with Gasteiger partial charge in [-0.3, -0.25) is 9.89 Å². The Morgan fingerprint density at radius 2 is 2.32 bits per heavy atom. The van der Waals surface area contributed by atoms with E-state index < -0.39 is 0 Å². The van der Waals surface area contributed by atoms with E-state index in [1.165, 1.54) is 11.1 Å². The van der Waals surface area contributed by atoms with Gasteiger partial charge in [0.1, 0.15) is 0 Å². The number of benzene rings is 1. The van der Waals surface area contributed by atoms with Crippen LogP contribution in [0.2, 0.25) is 0 Å². The average Bonchev–Trinajstić information content (AvgIpc) is 3.18. The second-order valence-electron chi connectivity index (χ2n) is 5.84. The average molecular weight is 362 g/mol. The molecule has 1 aromatic carbocycles. The highest BCUT2D eigenvalue weighted by Crippen LogP contribution is 2.31. The monoisotopic (exact) mass is 361 g/mol. The van der Waals surface area contributed by atoms with Gasteiger partial charge >= 0.3 is 0 Å². The molecule has 116 valence electrons. The number of hydrogen-bond donors (Lipinski definition) is 1. The predicted octanol–water partition coefficient (Wildman–Crippen LogP) is 3.78. The number of halogens is 1. The van der Waals surface area contributed by atoms with E-state index in [0.717, 1.165) is 36.0 Å². The molecule has 1 amide bonds. The van der Waals surface area contributed by atoms with E-state index in [2.05, 4.69) is 51.3 Å². The van der Waals surface area contributed by atoms with Crippen molar-refractivity contribution in [3.8, 4) is 0 Å². The van der Waals surface area contributed by atoms with Crippen molar-refractivity contribution in [2.45, 2.75) is 38.6 Å². The van der Waals surface area contributed by atoms with E-state index in [4.69, 9.17) is 0 Å². The van der Waals surface area contributed by atoms with Gasteiger partial charge in [0.2, 0.25) is 5.91 Å². The lowest BCUT2D eigenvalue weighted by Gasteiger charge is -2.23. The van der Waals surface area contributed by atoms with Gasteiger partial charge in [0.25, 0.3) is 0 Å². The lowest BCUT2D eigenvalue weighted by Crippen LogP contribution is -2.30. The number of rotatable bonds is 4. The molecule has 0 bridgehead atoms. The third-order valence-electron chi connectivity index (χ3n) is 4.30. The Morgan fingerprint density at radius 3 is 3.05 bits per heavy atom. The van der Waals surface area contributed by atoms with Crippen LogP contribution >= 0.6 is 15.9 Å². The summed E-state index contributed by atoms with van der Waals surface area (Å²) in [6, 6.07) is 8.42. The van der Waals surface area contributed by atoms with Crippen LogP contribution in [0, 0.1) is 6.92 Å². The van der Waals surface area contributed by atoms with E-state index in [1.54, 1.807) is 6.20 Å². The SMILES string of the molecule is Cc1cc(CCC(=O)N2CCCC2c2ccn[nH]2)ccc1Br. The number of nitrogens with zero attached hydrogens (tertiary/aromatic N) is 2. The molecule has 4 nitrogen and oxygen atoms in total. The molecule has 0 saturated carbocycles. The summed E-state index contributed by atoms with van der Waals surface area (Å²) >= 11 is 3.51. The topological polar surface area (TPSA) is 49.0 Å². The fourth-order valence-electron chi connectivity index (χ4n) is 3.10. The molecule has 1 unspecified atom stereocenters. The molecule has 22 heavy (non-hydrogen) atoms. The van der Waals surface area contributed by atoms with Gasteiger partial charge in [-0.25, -0.2) is 0 Å². The van der Waals surface area contributed by atoms with Crippen LogP contribution in [0.1, 0.15) is 42.1 Å². The molecule has 1 aliphatic heterocycles. The first-order valence-electron chi connectivity index (χ1n) is 7.69. The van der Waals surface area contributed by atoms with Crippen LogP contribution in [0.15, 0.2) is 34.9 Å². The summed E-state index contributed by atoms with van der Waals surface area (Å²) in [4.78, 5) is 14.6. The zero-order valence-electron chi connectivity index (χ0n) is 12.7. The number of likely N-dealkylation sites (tertiary alicyclic amines) is 1. The minimum atomic E-state index is 0.168. The second kappa shape index (κ2) is 6.65. The number of aromatic nitrogens is 2. The number of nitrogens with one attached hydrogen (secondary N) is 1. The maximum absolute atomic E-state index is 12.6. The number of carbonyl (C=O) groups excluding carboxylic acids is 1. The zero-order chi connectivity index (χ0) is 15.5. The molecule has 3 rings (SSSR count). The van der Waals surface area contributed by atoms with Crippen LogP contribution in [0.5, 0.6) is 0 Å². The summed E-state index contributed by atoms with van der Waals surface area (Å²) < 4.78 is 1.11. The van der Waals surface area contributed by atoms with E-state index >= 15 is 0 Å². The van der Waals surface area contributed by atoms with Crippen molar-refractivity contribution in [1.82, 2.24) is 15.1 Å². The lowest BCUT2D eigenvalue weighted by atomic mass is 10.1. The molecule has 1 fully saturated rings. The van der Waals surface area contributed by atoms with Crippen molar-refractivity contribution in [3.05, 3.63) is 51.8 Å².